The number of aldehydes is 1. The first kappa shape index (κ1) is 37.0. The van der Waals surface area contributed by atoms with E-state index in [-0.39, 0.29) is 29.6 Å². The van der Waals surface area contributed by atoms with E-state index in [9.17, 15) is 24.4 Å². The van der Waals surface area contributed by atoms with Crippen LogP contribution in [-0.4, -0.2) is 97.1 Å². The Morgan fingerprint density at radius 3 is 2.38 bits per heavy atom. The van der Waals surface area contributed by atoms with Crippen molar-refractivity contribution in [1.29, 1.82) is 5.26 Å². The molecule has 3 aromatic rings. The Morgan fingerprint density at radius 2 is 1.71 bits per heavy atom. The molecule has 11 nitrogen and oxygen atoms in total. The molecule has 0 aromatic heterocycles. The summed E-state index contributed by atoms with van der Waals surface area (Å²) in [6.45, 7) is 9.52. The van der Waals surface area contributed by atoms with Crippen molar-refractivity contribution in [1.82, 2.24) is 20.0 Å². The van der Waals surface area contributed by atoms with Crippen molar-refractivity contribution >= 4 is 47.0 Å². The van der Waals surface area contributed by atoms with Crippen molar-refractivity contribution in [2.24, 2.45) is 11.3 Å². The molecule has 1 N–H and O–H groups in total. The molecule has 55 heavy (non-hydrogen) atoms. The zero-order valence-electron chi connectivity index (χ0n) is 31.6. The second-order valence-corrected chi connectivity index (χ2v) is 16.7. The quantitative estimate of drug-likeness (QED) is 0.279. The second-order valence-electron chi connectivity index (χ2n) is 16.3. The molecule has 0 aliphatic carbocycles. The largest absolute Gasteiger partial charge is 0.371 e. The summed E-state index contributed by atoms with van der Waals surface area (Å²) < 4.78 is 0. The van der Waals surface area contributed by atoms with Crippen LogP contribution in [0.4, 0.5) is 11.4 Å². The van der Waals surface area contributed by atoms with Crippen LogP contribution in [-0.2, 0) is 29.2 Å². The molecule has 3 fully saturated rings. The van der Waals surface area contributed by atoms with Gasteiger partial charge in [-0.1, -0.05) is 17.7 Å². The fourth-order valence-electron chi connectivity index (χ4n) is 9.77. The Hall–Kier alpha value is -4.92. The number of likely N-dealkylation sites (N-methyl/N-ethyl adjacent to an activating group) is 1. The van der Waals surface area contributed by atoms with Crippen LogP contribution in [0.3, 0.4) is 0 Å². The normalized spacial score (nSPS) is 21.0. The van der Waals surface area contributed by atoms with Gasteiger partial charge in [-0.2, -0.15) is 5.26 Å². The number of hydrogen-bond donors (Lipinski definition) is 1. The van der Waals surface area contributed by atoms with E-state index in [4.69, 9.17) is 11.6 Å². The number of amides is 3. The molecular weight excluding hydrogens is 714 g/mol. The first-order valence-electron chi connectivity index (χ1n) is 19.5. The zero-order valence-corrected chi connectivity index (χ0v) is 32.4. The van der Waals surface area contributed by atoms with Gasteiger partial charge in [0.1, 0.15) is 18.4 Å². The van der Waals surface area contributed by atoms with Gasteiger partial charge in [0.15, 0.2) is 0 Å². The highest BCUT2D eigenvalue weighted by Crippen LogP contribution is 2.46. The van der Waals surface area contributed by atoms with E-state index < -0.39 is 6.04 Å². The Labute approximate surface area is 327 Å². The van der Waals surface area contributed by atoms with Crippen LogP contribution in [0.15, 0.2) is 54.6 Å². The predicted molar refractivity (Wildman–Crippen MR) is 211 cm³/mol. The van der Waals surface area contributed by atoms with Crippen LogP contribution in [0.1, 0.15) is 82.0 Å². The van der Waals surface area contributed by atoms with Crippen molar-refractivity contribution < 1.29 is 19.2 Å². The average molecular weight is 762 g/mol. The number of benzene rings is 3. The van der Waals surface area contributed by atoms with Gasteiger partial charge in [-0.05, 0) is 103 Å². The third-order valence-electron chi connectivity index (χ3n) is 12.8. The average Bonchev–Trinajstić information content (AvgIpc) is 3.83. The zero-order chi connectivity index (χ0) is 38.4. The summed E-state index contributed by atoms with van der Waals surface area (Å²) in [7, 11) is 1.55. The van der Waals surface area contributed by atoms with E-state index in [0.29, 0.717) is 41.1 Å². The van der Waals surface area contributed by atoms with E-state index in [0.717, 1.165) is 106 Å². The van der Waals surface area contributed by atoms with Gasteiger partial charge in [-0.15, -0.1) is 0 Å². The number of anilines is 2. The third-order valence-corrected chi connectivity index (χ3v) is 13.1. The van der Waals surface area contributed by atoms with Gasteiger partial charge in [0.2, 0.25) is 5.91 Å². The summed E-state index contributed by atoms with van der Waals surface area (Å²) >= 11 is 6.37. The molecule has 1 unspecified atom stereocenters. The molecule has 0 radical (unpaired) electrons. The number of carbonyl (C=O) groups excluding carboxylic acids is 4. The summed E-state index contributed by atoms with van der Waals surface area (Å²) in [5.74, 6) is 0.0747. The lowest BCUT2D eigenvalue weighted by Gasteiger charge is -2.41. The molecule has 3 amide bonds. The van der Waals surface area contributed by atoms with Gasteiger partial charge in [0.25, 0.3) is 11.8 Å². The first-order valence-corrected chi connectivity index (χ1v) is 19.9. The summed E-state index contributed by atoms with van der Waals surface area (Å²) in [4.78, 5) is 61.2. The maximum atomic E-state index is 13.4. The molecule has 8 rings (SSSR count). The molecule has 5 aliphatic heterocycles. The van der Waals surface area contributed by atoms with Gasteiger partial charge in [0, 0.05) is 107 Å². The number of likely N-dealkylation sites (tertiary alicyclic amines) is 1. The summed E-state index contributed by atoms with van der Waals surface area (Å²) in [5.41, 5.74) is 7.68. The molecule has 0 saturated carbocycles. The minimum atomic E-state index is -0.663. The maximum absolute atomic E-state index is 13.4. The first-order chi connectivity index (χ1) is 26.6. The van der Waals surface area contributed by atoms with E-state index >= 15 is 0 Å². The number of rotatable bonds is 10. The number of hydrogen-bond acceptors (Lipinski definition) is 8. The molecular formula is C43H48ClN7O4. The van der Waals surface area contributed by atoms with Crippen LogP contribution in [0.5, 0.6) is 0 Å². The lowest BCUT2D eigenvalue weighted by atomic mass is 9.76. The highest BCUT2D eigenvalue weighted by molar-refractivity contribution is 6.32. The van der Waals surface area contributed by atoms with Crippen molar-refractivity contribution in [3.63, 3.8) is 0 Å². The Bertz CT molecular complexity index is 2050. The number of carbonyl (C=O) groups is 4. The van der Waals surface area contributed by atoms with Crippen LogP contribution in [0.25, 0.3) is 0 Å². The van der Waals surface area contributed by atoms with Crippen molar-refractivity contribution in [3.8, 4) is 6.07 Å². The van der Waals surface area contributed by atoms with E-state index in [2.05, 4.69) is 51.2 Å². The fourth-order valence-corrected chi connectivity index (χ4v) is 9.98. The summed E-state index contributed by atoms with van der Waals surface area (Å²) in [6.07, 6.45) is 4.68. The number of halogens is 1. The SMILES string of the molecule is CNC(=O)C(CCC=O)N1Cc2cc3c(cc2C1=O)CN(CC1CN(C(=O)c2ccc(N4CCC5(CC4)C[C@H](C)N(c4ccc(C#N)c(Cl)c4)C5)cc2)C1)C3. The van der Waals surface area contributed by atoms with Gasteiger partial charge in [-0.3, -0.25) is 19.3 Å². The minimum absolute atomic E-state index is 0.0794. The predicted octanol–water partition coefficient (Wildman–Crippen LogP) is 5.23. The topological polar surface area (TPSA) is 120 Å². The highest BCUT2D eigenvalue weighted by atomic mass is 35.5. The minimum Gasteiger partial charge on any atom is -0.371 e. The Morgan fingerprint density at radius 1 is 1.00 bits per heavy atom. The summed E-state index contributed by atoms with van der Waals surface area (Å²) in [5, 5.41) is 12.4. The molecule has 286 valence electrons. The molecule has 3 saturated heterocycles. The van der Waals surface area contributed by atoms with Gasteiger partial charge < -0.3 is 29.7 Å². The Balaban J connectivity index is 0.801. The smallest absolute Gasteiger partial charge is 0.255 e. The third kappa shape index (κ3) is 7.07. The second kappa shape index (κ2) is 15.0. The van der Waals surface area contributed by atoms with Gasteiger partial charge in [0.05, 0.1) is 10.6 Å². The molecule has 1 spiro atoms. The van der Waals surface area contributed by atoms with E-state index in [1.54, 1.807) is 11.9 Å². The fraction of sp³-hybridized carbons (Fsp3) is 0.465. The number of nitriles is 1. The van der Waals surface area contributed by atoms with E-state index in [1.807, 2.05) is 41.3 Å². The van der Waals surface area contributed by atoms with Gasteiger partial charge in [-0.25, -0.2) is 0 Å². The molecule has 3 aromatic carbocycles. The lowest BCUT2D eigenvalue weighted by molar-refractivity contribution is -0.125. The Kier molecular flexibility index (Phi) is 10.1. The van der Waals surface area contributed by atoms with Crippen LogP contribution in [0.2, 0.25) is 5.02 Å². The number of nitrogens with zero attached hydrogens (tertiary/aromatic N) is 6. The number of piperidine rings is 1. The molecule has 5 heterocycles. The van der Waals surface area contributed by atoms with Crippen LogP contribution >= 0.6 is 11.6 Å². The monoisotopic (exact) mass is 761 g/mol. The lowest BCUT2D eigenvalue weighted by Crippen LogP contribution is -2.53. The molecule has 2 atom stereocenters. The molecule has 0 bridgehead atoms. The van der Waals surface area contributed by atoms with Gasteiger partial charge >= 0.3 is 0 Å². The standard InChI is InChI=1S/C43H48ClN7O4/c1-28-19-43(27-51(28)36-10-7-31(20-45)38(44)18-36)11-13-48(14-12-43)35-8-5-30(6-9-35)41(54)49-22-29(23-49)21-47-24-32-16-34-26-50(39(4-3-15-52)40(53)46-2)42(55)37(34)17-33(32)25-47/h5-10,15-18,28-29,39H,3-4,11-14,19,21-27H2,1-2H3,(H,46,53)/t28-,39?/m0/s1. The molecule has 12 heteroatoms. The molecule has 5 aliphatic rings. The maximum Gasteiger partial charge on any atom is 0.255 e. The van der Waals surface area contributed by atoms with E-state index in [1.165, 1.54) is 5.56 Å². The number of nitrogens with one attached hydrogen (secondary N) is 1. The van der Waals surface area contributed by atoms with Crippen molar-refractivity contribution in [2.45, 2.75) is 70.7 Å². The number of fused-ring (bicyclic) bond motifs is 2. The van der Waals surface area contributed by atoms with Crippen molar-refractivity contribution in [3.05, 3.63) is 93.0 Å². The van der Waals surface area contributed by atoms with Crippen LogP contribution in [0, 0.1) is 22.7 Å². The summed E-state index contributed by atoms with van der Waals surface area (Å²) in [6, 6.07) is 19.9. The highest BCUT2D eigenvalue weighted by Gasteiger charge is 2.44. The van der Waals surface area contributed by atoms with Crippen molar-refractivity contribution in [2.75, 3.05) is 56.1 Å². The van der Waals surface area contributed by atoms with Crippen LogP contribution < -0.4 is 15.1 Å².